The van der Waals surface area contributed by atoms with Crippen LogP contribution in [-0.4, -0.2) is 11.9 Å². The molecule has 3 rings (SSSR count). The van der Waals surface area contributed by atoms with Crippen molar-refractivity contribution in [1.29, 1.82) is 0 Å². The molecule has 0 N–H and O–H groups in total. The van der Waals surface area contributed by atoms with Gasteiger partial charge in [-0.25, -0.2) is 0 Å². The largest absolute Gasteiger partial charge is 0.481 e. The SMILES string of the molecule is O=C(c1ccc(Br)o1)C1Cc2ccccc2O1. The fraction of sp³-hybridized carbons (Fsp3) is 0.154. The molecule has 0 amide bonds. The summed E-state index contributed by atoms with van der Waals surface area (Å²) in [6.45, 7) is 0. The molecule has 1 unspecified atom stereocenters. The Hall–Kier alpha value is -1.55. The van der Waals surface area contributed by atoms with Gasteiger partial charge in [-0.3, -0.25) is 4.79 Å². The Bertz CT molecular complexity index is 549. The van der Waals surface area contributed by atoms with Gasteiger partial charge in [0.2, 0.25) is 5.78 Å². The lowest BCUT2D eigenvalue weighted by Crippen LogP contribution is -2.24. The number of ether oxygens (including phenoxy) is 1. The molecule has 86 valence electrons. The van der Waals surface area contributed by atoms with Gasteiger partial charge in [0.15, 0.2) is 16.5 Å². The minimum absolute atomic E-state index is 0.119. The maximum Gasteiger partial charge on any atom is 0.238 e. The van der Waals surface area contributed by atoms with E-state index in [1.165, 1.54) is 0 Å². The van der Waals surface area contributed by atoms with Gasteiger partial charge in [-0.1, -0.05) is 18.2 Å². The van der Waals surface area contributed by atoms with E-state index in [4.69, 9.17) is 9.15 Å². The molecule has 1 aromatic heterocycles. The van der Waals surface area contributed by atoms with Gasteiger partial charge in [-0.05, 0) is 39.7 Å². The van der Waals surface area contributed by atoms with E-state index in [0.29, 0.717) is 16.9 Å². The Labute approximate surface area is 107 Å². The van der Waals surface area contributed by atoms with Gasteiger partial charge in [-0.2, -0.15) is 0 Å². The summed E-state index contributed by atoms with van der Waals surface area (Å²) < 4.78 is 11.4. The number of carbonyl (C=O) groups is 1. The van der Waals surface area contributed by atoms with Crippen LogP contribution in [0.25, 0.3) is 0 Å². The molecular weight excluding hydrogens is 284 g/mol. The van der Waals surface area contributed by atoms with Gasteiger partial charge in [0.25, 0.3) is 0 Å². The number of benzene rings is 1. The van der Waals surface area contributed by atoms with Gasteiger partial charge >= 0.3 is 0 Å². The van der Waals surface area contributed by atoms with Gasteiger partial charge < -0.3 is 9.15 Å². The highest BCUT2D eigenvalue weighted by atomic mass is 79.9. The fourth-order valence-electron chi connectivity index (χ4n) is 1.93. The van der Waals surface area contributed by atoms with Crippen LogP contribution in [0.5, 0.6) is 5.75 Å². The van der Waals surface area contributed by atoms with E-state index in [-0.39, 0.29) is 5.78 Å². The van der Waals surface area contributed by atoms with Crippen LogP contribution in [0.1, 0.15) is 16.1 Å². The standard InChI is InChI=1S/C13H9BrO3/c14-12-6-5-10(17-12)13(15)11-7-8-3-1-2-4-9(8)16-11/h1-6,11H,7H2. The first kappa shape index (κ1) is 10.6. The number of hydrogen-bond donors (Lipinski definition) is 0. The van der Waals surface area contributed by atoms with Crippen LogP contribution in [0.15, 0.2) is 45.5 Å². The lowest BCUT2D eigenvalue weighted by molar-refractivity contribution is 0.0794. The lowest BCUT2D eigenvalue weighted by Gasteiger charge is -2.06. The van der Waals surface area contributed by atoms with Crippen LogP contribution in [0, 0.1) is 0 Å². The normalized spacial score (nSPS) is 17.6. The van der Waals surface area contributed by atoms with Crippen molar-refractivity contribution in [3.8, 4) is 5.75 Å². The third-order valence-corrected chi connectivity index (χ3v) is 3.18. The van der Waals surface area contributed by atoms with Crippen molar-refractivity contribution in [3.05, 3.63) is 52.4 Å². The highest BCUT2D eigenvalue weighted by molar-refractivity contribution is 9.10. The van der Waals surface area contributed by atoms with Crippen LogP contribution >= 0.6 is 15.9 Å². The Balaban J connectivity index is 1.83. The van der Waals surface area contributed by atoms with E-state index in [9.17, 15) is 4.79 Å². The van der Waals surface area contributed by atoms with Crippen LogP contribution in [0.3, 0.4) is 0 Å². The monoisotopic (exact) mass is 292 g/mol. The van der Waals surface area contributed by atoms with E-state index < -0.39 is 6.10 Å². The van der Waals surface area contributed by atoms with Crippen molar-refractivity contribution in [3.63, 3.8) is 0 Å². The molecule has 0 aliphatic carbocycles. The highest BCUT2D eigenvalue weighted by Crippen LogP contribution is 2.30. The number of hydrogen-bond acceptors (Lipinski definition) is 3. The molecule has 0 fully saturated rings. The van der Waals surface area contributed by atoms with Gasteiger partial charge in [-0.15, -0.1) is 0 Å². The summed E-state index contributed by atoms with van der Waals surface area (Å²) in [5.74, 6) is 0.998. The number of fused-ring (bicyclic) bond motifs is 1. The second kappa shape index (κ2) is 4.04. The second-order valence-corrected chi connectivity index (χ2v) is 4.67. The highest BCUT2D eigenvalue weighted by Gasteiger charge is 2.31. The van der Waals surface area contributed by atoms with Crippen LogP contribution < -0.4 is 4.74 Å². The molecule has 2 aromatic rings. The molecule has 1 atom stereocenters. The summed E-state index contributed by atoms with van der Waals surface area (Å²) >= 11 is 3.18. The van der Waals surface area contributed by atoms with E-state index in [1.807, 2.05) is 24.3 Å². The number of Topliss-reactive ketones (excluding diaryl/α,β-unsaturated/α-hetero) is 1. The Morgan fingerprint density at radius 3 is 2.76 bits per heavy atom. The number of halogens is 1. The first-order chi connectivity index (χ1) is 8.24. The summed E-state index contributed by atoms with van der Waals surface area (Å²) in [6.07, 6.45) is 0.137. The minimum Gasteiger partial charge on any atom is -0.481 e. The fourth-order valence-corrected chi connectivity index (χ4v) is 2.24. The van der Waals surface area contributed by atoms with E-state index in [2.05, 4.69) is 15.9 Å². The molecule has 2 heterocycles. The molecule has 0 radical (unpaired) electrons. The lowest BCUT2D eigenvalue weighted by atomic mass is 10.1. The smallest absolute Gasteiger partial charge is 0.238 e. The van der Waals surface area contributed by atoms with E-state index >= 15 is 0 Å². The second-order valence-electron chi connectivity index (χ2n) is 3.89. The van der Waals surface area contributed by atoms with Crippen molar-refractivity contribution < 1.29 is 13.9 Å². The third-order valence-electron chi connectivity index (χ3n) is 2.76. The molecule has 0 saturated heterocycles. The predicted octanol–water partition coefficient (Wildman–Crippen LogP) is 3.23. The van der Waals surface area contributed by atoms with E-state index in [0.717, 1.165) is 11.3 Å². The molecule has 0 spiro atoms. The maximum atomic E-state index is 12.1. The number of ketones is 1. The maximum absolute atomic E-state index is 12.1. The van der Waals surface area contributed by atoms with Crippen molar-refractivity contribution in [2.45, 2.75) is 12.5 Å². The summed E-state index contributed by atoms with van der Waals surface area (Å²) in [7, 11) is 0. The molecule has 0 saturated carbocycles. The number of para-hydroxylation sites is 1. The number of furan rings is 1. The average molecular weight is 293 g/mol. The predicted molar refractivity (Wildman–Crippen MR) is 65.3 cm³/mol. The minimum atomic E-state index is -0.467. The first-order valence-corrected chi connectivity index (χ1v) is 6.07. The molecule has 3 nitrogen and oxygen atoms in total. The zero-order chi connectivity index (χ0) is 11.8. The summed E-state index contributed by atoms with van der Waals surface area (Å²) in [4.78, 5) is 12.1. The topological polar surface area (TPSA) is 39.4 Å². The Morgan fingerprint density at radius 1 is 1.24 bits per heavy atom. The van der Waals surface area contributed by atoms with E-state index in [1.54, 1.807) is 12.1 Å². The number of rotatable bonds is 2. The van der Waals surface area contributed by atoms with Crippen molar-refractivity contribution >= 4 is 21.7 Å². The van der Waals surface area contributed by atoms with Gasteiger partial charge in [0.05, 0.1) is 0 Å². The summed E-state index contributed by atoms with van der Waals surface area (Å²) in [5.41, 5.74) is 1.07. The third kappa shape index (κ3) is 1.89. The molecule has 1 aromatic carbocycles. The Morgan fingerprint density at radius 2 is 2.06 bits per heavy atom. The van der Waals surface area contributed by atoms with Crippen molar-refractivity contribution in [1.82, 2.24) is 0 Å². The molecule has 0 bridgehead atoms. The molecule has 17 heavy (non-hydrogen) atoms. The van der Waals surface area contributed by atoms with Crippen LogP contribution in [0.4, 0.5) is 0 Å². The molecule has 1 aliphatic heterocycles. The van der Waals surface area contributed by atoms with Gasteiger partial charge in [0.1, 0.15) is 5.75 Å². The summed E-state index contributed by atoms with van der Waals surface area (Å²) in [6, 6.07) is 11.0. The molecular formula is C13H9BrO3. The first-order valence-electron chi connectivity index (χ1n) is 5.28. The Kier molecular flexibility index (Phi) is 2.52. The summed E-state index contributed by atoms with van der Waals surface area (Å²) in [5, 5.41) is 0. The number of carbonyl (C=O) groups excluding carboxylic acids is 1. The zero-order valence-electron chi connectivity index (χ0n) is 8.85. The van der Waals surface area contributed by atoms with Crippen LogP contribution in [0.2, 0.25) is 0 Å². The average Bonchev–Trinajstić information content (AvgIpc) is 2.93. The van der Waals surface area contributed by atoms with Gasteiger partial charge in [0, 0.05) is 6.42 Å². The quantitative estimate of drug-likeness (QED) is 0.798. The van der Waals surface area contributed by atoms with Crippen LogP contribution in [-0.2, 0) is 6.42 Å². The van der Waals surface area contributed by atoms with Crippen molar-refractivity contribution in [2.75, 3.05) is 0 Å². The molecule has 4 heteroatoms. The zero-order valence-corrected chi connectivity index (χ0v) is 10.4. The molecule has 1 aliphatic rings. The van der Waals surface area contributed by atoms with Crippen molar-refractivity contribution in [2.24, 2.45) is 0 Å².